The normalized spacial score (nSPS) is 32.0. The number of halogens is 1. The van der Waals surface area contributed by atoms with E-state index in [2.05, 4.69) is 28.5 Å². The quantitative estimate of drug-likeness (QED) is 0.748. The molecule has 1 aromatic carbocycles. The number of nitrogens with one attached hydrogen (secondary N) is 1. The summed E-state index contributed by atoms with van der Waals surface area (Å²) in [5.74, 6) is 1.66. The number of hydrogen-bond acceptors (Lipinski definition) is 5. The van der Waals surface area contributed by atoms with Gasteiger partial charge in [-0.1, -0.05) is 18.5 Å². The summed E-state index contributed by atoms with van der Waals surface area (Å²) in [6.45, 7) is 3.97. The number of aryl methyl sites for hydroxylation is 1. The van der Waals surface area contributed by atoms with Crippen molar-refractivity contribution >= 4 is 23.3 Å². The largest absolute Gasteiger partial charge is 0.423 e. The molecule has 156 valence electrons. The maximum Gasteiger partial charge on any atom is 0.322 e. The molecule has 2 bridgehead atoms. The summed E-state index contributed by atoms with van der Waals surface area (Å²) in [6.07, 6.45) is 4.48. The van der Waals surface area contributed by atoms with Crippen LogP contribution in [0.2, 0.25) is 5.02 Å². The minimum Gasteiger partial charge on any atom is -0.423 e. The molecule has 2 amide bonds. The Labute approximate surface area is 180 Å². The fourth-order valence-corrected chi connectivity index (χ4v) is 5.81. The van der Waals surface area contributed by atoms with Crippen LogP contribution in [0.4, 0.5) is 10.5 Å². The summed E-state index contributed by atoms with van der Waals surface area (Å²) < 4.78 is 5.76. The van der Waals surface area contributed by atoms with Crippen molar-refractivity contribution in [3.05, 3.63) is 40.6 Å². The summed E-state index contributed by atoms with van der Waals surface area (Å²) in [5, 5.41) is 21.2. The van der Waals surface area contributed by atoms with Crippen molar-refractivity contribution in [2.75, 3.05) is 5.32 Å². The number of nitriles is 1. The monoisotopic (exact) mass is 425 g/mol. The van der Waals surface area contributed by atoms with Crippen molar-refractivity contribution in [2.24, 2.45) is 11.8 Å². The van der Waals surface area contributed by atoms with Crippen molar-refractivity contribution < 1.29 is 9.21 Å². The zero-order chi connectivity index (χ0) is 21.0. The summed E-state index contributed by atoms with van der Waals surface area (Å²) >= 11 is 6.40. The lowest BCUT2D eigenvalue weighted by Crippen LogP contribution is -2.70. The predicted molar refractivity (Wildman–Crippen MR) is 111 cm³/mol. The molecular formula is C22H24ClN5O2. The van der Waals surface area contributed by atoms with E-state index in [0.29, 0.717) is 28.4 Å². The predicted octanol–water partition coefficient (Wildman–Crippen LogP) is 4.98. The highest BCUT2D eigenvalue weighted by molar-refractivity contribution is 6.31. The third-order valence-corrected chi connectivity index (χ3v) is 7.33. The van der Waals surface area contributed by atoms with Crippen LogP contribution in [0.5, 0.6) is 0 Å². The molecule has 7 nitrogen and oxygen atoms in total. The van der Waals surface area contributed by atoms with Gasteiger partial charge in [0.05, 0.1) is 12.0 Å². The third kappa shape index (κ3) is 2.89. The molecule has 3 fully saturated rings. The molecule has 0 unspecified atom stereocenters. The standard InChI is InChI=1S/C22H24ClN5O2/c1-12-7-16-10-22(9-12,20-27-26-13(2)30-20)28(16)21(29)25-15-4-6-19(23)18(8-15)17-5-3-14(17)11-24/h4,6,8,12,14,16-17H,3,5,7,9-10H2,1-2H3,(H,25,29)/t12-,14-,16-,17-,22+/m0/s1. The van der Waals surface area contributed by atoms with Crippen LogP contribution in [0, 0.1) is 30.1 Å². The van der Waals surface area contributed by atoms with E-state index in [9.17, 15) is 10.1 Å². The number of fused-ring (bicyclic) bond motifs is 2. The van der Waals surface area contributed by atoms with Gasteiger partial charge in [0.2, 0.25) is 11.8 Å². The van der Waals surface area contributed by atoms with E-state index >= 15 is 0 Å². The van der Waals surface area contributed by atoms with Crippen LogP contribution in [-0.4, -0.2) is 27.2 Å². The second-order valence-corrected chi connectivity index (χ2v) is 9.42. The smallest absolute Gasteiger partial charge is 0.322 e. The third-order valence-electron chi connectivity index (χ3n) is 6.99. The number of likely N-dealkylation sites (tertiary alicyclic amines) is 1. The number of hydrogen-bond donors (Lipinski definition) is 1. The molecule has 2 heterocycles. The molecule has 5 rings (SSSR count). The number of piperidine rings is 1. The van der Waals surface area contributed by atoms with Crippen molar-refractivity contribution in [2.45, 2.75) is 63.5 Å². The Hall–Kier alpha value is -2.59. The Morgan fingerprint density at radius 1 is 1.37 bits per heavy atom. The minimum absolute atomic E-state index is 0.00582. The van der Waals surface area contributed by atoms with Gasteiger partial charge in [-0.3, -0.25) is 0 Å². The van der Waals surface area contributed by atoms with Gasteiger partial charge >= 0.3 is 6.03 Å². The van der Waals surface area contributed by atoms with Crippen molar-refractivity contribution in [3.63, 3.8) is 0 Å². The van der Waals surface area contributed by atoms with Gasteiger partial charge in [-0.15, -0.1) is 10.2 Å². The van der Waals surface area contributed by atoms with Crippen LogP contribution in [0.25, 0.3) is 0 Å². The van der Waals surface area contributed by atoms with Gasteiger partial charge in [0.1, 0.15) is 5.54 Å². The Morgan fingerprint density at radius 2 is 2.20 bits per heavy atom. The first-order chi connectivity index (χ1) is 14.4. The second-order valence-electron chi connectivity index (χ2n) is 9.02. The number of anilines is 1. The fourth-order valence-electron chi connectivity index (χ4n) is 5.55. The molecule has 2 saturated carbocycles. The Kier molecular flexibility index (Phi) is 4.51. The lowest BCUT2D eigenvalue weighted by molar-refractivity contribution is -0.110. The maximum atomic E-state index is 13.3. The van der Waals surface area contributed by atoms with Crippen LogP contribution < -0.4 is 5.32 Å². The van der Waals surface area contributed by atoms with Gasteiger partial charge < -0.3 is 14.6 Å². The van der Waals surface area contributed by atoms with Gasteiger partial charge in [0.15, 0.2) is 0 Å². The van der Waals surface area contributed by atoms with E-state index in [4.69, 9.17) is 16.0 Å². The number of amides is 2. The molecule has 3 aliphatic rings. The van der Waals surface area contributed by atoms with E-state index in [1.54, 1.807) is 13.0 Å². The zero-order valence-corrected chi connectivity index (χ0v) is 17.8. The van der Waals surface area contributed by atoms with Crippen LogP contribution in [0.1, 0.15) is 62.3 Å². The average Bonchev–Trinajstić information content (AvgIpc) is 3.10. The SMILES string of the molecule is Cc1nnc([C@@]23C[C@@H](C)C[C@@H](C2)N3C(=O)Nc2ccc(Cl)c([C@H]3CC[C@H]3C#N)c2)o1. The summed E-state index contributed by atoms with van der Waals surface area (Å²) in [6, 6.07) is 7.89. The first kappa shape index (κ1) is 19.4. The molecular weight excluding hydrogens is 402 g/mol. The number of carbonyl (C=O) groups excluding carboxylic acids is 1. The fraction of sp³-hybridized carbons (Fsp3) is 0.545. The Bertz CT molecular complexity index is 1050. The second kappa shape index (κ2) is 6.98. The number of carbonyl (C=O) groups is 1. The molecule has 1 aliphatic heterocycles. The van der Waals surface area contributed by atoms with E-state index < -0.39 is 5.54 Å². The lowest BCUT2D eigenvalue weighted by Gasteiger charge is -2.61. The highest BCUT2D eigenvalue weighted by Crippen LogP contribution is 2.55. The van der Waals surface area contributed by atoms with Crippen molar-refractivity contribution in [1.82, 2.24) is 15.1 Å². The topological polar surface area (TPSA) is 95.0 Å². The van der Waals surface area contributed by atoms with Crippen molar-refractivity contribution in [1.29, 1.82) is 5.26 Å². The zero-order valence-electron chi connectivity index (χ0n) is 17.1. The van der Waals surface area contributed by atoms with Crippen LogP contribution in [-0.2, 0) is 5.54 Å². The molecule has 1 aromatic heterocycles. The first-order valence-electron chi connectivity index (χ1n) is 10.5. The molecule has 2 aliphatic carbocycles. The summed E-state index contributed by atoms with van der Waals surface area (Å²) in [7, 11) is 0. The Balaban J connectivity index is 1.40. The highest BCUT2D eigenvalue weighted by atomic mass is 35.5. The van der Waals surface area contributed by atoms with Gasteiger partial charge in [0, 0.05) is 36.0 Å². The summed E-state index contributed by atoms with van der Waals surface area (Å²) in [5.41, 5.74) is 1.10. The van der Waals surface area contributed by atoms with Crippen LogP contribution in [0.15, 0.2) is 22.6 Å². The van der Waals surface area contributed by atoms with E-state index in [1.165, 1.54) is 0 Å². The molecule has 2 aromatic rings. The highest BCUT2D eigenvalue weighted by Gasteiger charge is 2.62. The maximum absolute atomic E-state index is 13.3. The number of aromatic nitrogens is 2. The van der Waals surface area contributed by atoms with Crippen molar-refractivity contribution in [3.8, 4) is 6.07 Å². The molecule has 5 atom stereocenters. The van der Waals surface area contributed by atoms with Gasteiger partial charge in [-0.2, -0.15) is 5.26 Å². The van der Waals surface area contributed by atoms with Gasteiger partial charge in [-0.25, -0.2) is 4.79 Å². The Morgan fingerprint density at radius 3 is 2.87 bits per heavy atom. The van der Waals surface area contributed by atoms with Crippen LogP contribution >= 0.6 is 11.6 Å². The summed E-state index contributed by atoms with van der Waals surface area (Å²) in [4.78, 5) is 15.2. The molecule has 0 spiro atoms. The van der Waals surface area contributed by atoms with Crippen LogP contribution in [0.3, 0.4) is 0 Å². The van der Waals surface area contributed by atoms with Gasteiger partial charge in [0.25, 0.3) is 0 Å². The molecule has 0 radical (unpaired) electrons. The molecule has 1 saturated heterocycles. The lowest BCUT2D eigenvalue weighted by atomic mass is 9.64. The number of rotatable bonds is 3. The first-order valence-corrected chi connectivity index (χ1v) is 10.9. The minimum atomic E-state index is -0.525. The molecule has 30 heavy (non-hydrogen) atoms. The number of urea groups is 1. The molecule has 8 heteroatoms. The number of nitrogens with zero attached hydrogens (tertiary/aromatic N) is 4. The van der Waals surface area contributed by atoms with E-state index in [1.807, 2.05) is 17.0 Å². The number of benzene rings is 1. The van der Waals surface area contributed by atoms with Gasteiger partial charge in [-0.05, 0) is 55.4 Å². The van der Waals surface area contributed by atoms with E-state index in [0.717, 1.165) is 37.7 Å². The van der Waals surface area contributed by atoms with E-state index in [-0.39, 0.29) is 23.9 Å². The average molecular weight is 426 g/mol. The molecule has 1 N–H and O–H groups in total.